The lowest BCUT2D eigenvalue weighted by Crippen LogP contribution is -2.62. The van der Waals surface area contributed by atoms with Crippen LogP contribution in [0.3, 0.4) is 0 Å². The van der Waals surface area contributed by atoms with Crippen LogP contribution in [0.15, 0.2) is 72.9 Å². The quantitative estimate of drug-likeness (QED) is 0.463. The van der Waals surface area contributed by atoms with E-state index in [-0.39, 0.29) is 17.7 Å². The molecule has 3 atom stereocenters. The van der Waals surface area contributed by atoms with Crippen molar-refractivity contribution in [1.82, 2.24) is 14.8 Å². The molecule has 0 aliphatic carbocycles. The number of hydrogen-bond donors (Lipinski definition) is 0. The Morgan fingerprint density at radius 3 is 2.53 bits per heavy atom. The van der Waals surface area contributed by atoms with E-state index in [0.717, 1.165) is 22.5 Å². The average Bonchev–Trinajstić information content (AvgIpc) is 3.38. The van der Waals surface area contributed by atoms with Crippen LogP contribution in [-0.4, -0.2) is 56.3 Å². The second-order valence-corrected chi connectivity index (χ2v) is 11.7. The zero-order chi connectivity index (χ0) is 25.2. The lowest BCUT2D eigenvalue weighted by Gasteiger charge is -2.42. The fourth-order valence-corrected chi connectivity index (χ4v) is 8.40. The van der Waals surface area contributed by atoms with Crippen LogP contribution in [0.1, 0.15) is 22.7 Å². The van der Waals surface area contributed by atoms with Crippen molar-refractivity contribution in [2.45, 2.75) is 22.7 Å². The molecular formula is C27H23ClN4O2S2. The number of likely N-dealkylation sites (tertiary alicyclic amines) is 1. The van der Waals surface area contributed by atoms with Crippen molar-refractivity contribution >= 4 is 57.4 Å². The zero-order valence-electron chi connectivity index (χ0n) is 19.7. The number of rotatable bonds is 3. The number of pyridine rings is 1. The molecule has 0 bridgehead atoms. The molecule has 0 saturated carbocycles. The number of carbonyl (C=O) groups excluding carboxylic acids is 2. The molecule has 0 radical (unpaired) electrons. The third-order valence-corrected chi connectivity index (χ3v) is 9.82. The number of thiocarbonyl (C=S) groups is 1. The van der Waals surface area contributed by atoms with Gasteiger partial charge in [0.15, 0.2) is 5.54 Å². The second kappa shape index (κ2) is 8.38. The number of benzene rings is 2. The summed E-state index contributed by atoms with van der Waals surface area (Å²) in [5.41, 5.74) is 1.92. The van der Waals surface area contributed by atoms with E-state index in [2.05, 4.69) is 4.98 Å². The number of halogens is 1. The van der Waals surface area contributed by atoms with Gasteiger partial charge in [0, 0.05) is 47.7 Å². The van der Waals surface area contributed by atoms with Crippen molar-refractivity contribution in [3.05, 3.63) is 94.8 Å². The van der Waals surface area contributed by atoms with Gasteiger partial charge in [0.2, 0.25) is 5.91 Å². The maximum Gasteiger partial charge on any atom is 0.254 e. The maximum absolute atomic E-state index is 14.7. The number of hydrogen-bond acceptors (Lipinski definition) is 6. The van der Waals surface area contributed by atoms with Gasteiger partial charge in [-0.05, 0) is 42.9 Å². The molecule has 3 aliphatic rings. The van der Waals surface area contributed by atoms with Crippen molar-refractivity contribution in [3.63, 3.8) is 0 Å². The SMILES string of the molecule is CN1C(=O)C2(c3cc(Cl)ccc31)N(C)CC(c1ccccn1)C21SC(=S)N(Cc2ccccc2)C1=O. The van der Waals surface area contributed by atoms with E-state index in [1.54, 1.807) is 29.1 Å². The summed E-state index contributed by atoms with van der Waals surface area (Å²) in [4.78, 5) is 39.0. The summed E-state index contributed by atoms with van der Waals surface area (Å²) in [7, 11) is 3.66. The molecular weight excluding hydrogens is 512 g/mol. The first kappa shape index (κ1) is 23.6. The number of likely N-dealkylation sites (N-methyl/N-ethyl adjacent to an activating group) is 2. The molecule has 2 amide bonds. The molecule has 6 rings (SSSR count). The molecule has 6 nitrogen and oxygen atoms in total. The number of nitrogens with zero attached hydrogens (tertiary/aromatic N) is 4. The van der Waals surface area contributed by atoms with E-state index in [0.29, 0.717) is 22.4 Å². The topological polar surface area (TPSA) is 56.8 Å². The molecule has 2 aromatic carbocycles. The first-order valence-electron chi connectivity index (χ1n) is 11.6. The van der Waals surface area contributed by atoms with Gasteiger partial charge < -0.3 is 4.90 Å². The Morgan fingerprint density at radius 2 is 1.81 bits per heavy atom. The second-order valence-electron chi connectivity index (χ2n) is 9.40. The predicted octanol–water partition coefficient (Wildman–Crippen LogP) is 4.44. The number of amides is 2. The predicted molar refractivity (Wildman–Crippen MR) is 146 cm³/mol. The van der Waals surface area contributed by atoms with Crippen LogP contribution in [-0.2, 0) is 21.7 Å². The highest BCUT2D eigenvalue weighted by molar-refractivity contribution is 8.25. The Balaban J connectivity index is 1.60. The number of carbonyl (C=O) groups is 2. The lowest BCUT2D eigenvalue weighted by molar-refractivity contribution is -0.139. The summed E-state index contributed by atoms with van der Waals surface area (Å²) in [5.74, 6) is -0.705. The highest BCUT2D eigenvalue weighted by atomic mass is 35.5. The summed E-state index contributed by atoms with van der Waals surface area (Å²) in [6.07, 6.45) is 1.73. The standard InChI is InChI=1S/C27H23ClN4O2S2/c1-30-16-20(21-10-6-7-13-29-21)27(24(34)32(25(35)36-27)15-17-8-4-3-5-9-17)26(30)19-14-18(28)11-12-22(19)31(2)23(26)33/h3-14,20H,15-16H2,1-2H3. The van der Waals surface area contributed by atoms with Crippen LogP contribution in [0, 0.1) is 0 Å². The lowest BCUT2D eigenvalue weighted by atomic mass is 9.72. The zero-order valence-corrected chi connectivity index (χ0v) is 22.1. The molecule has 1 aromatic heterocycles. The highest BCUT2D eigenvalue weighted by Crippen LogP contribution is 2.66. The van der Waals surface area contributed by atoms with Gasteiger partial charge in [-0.1, -0.05) is 72.0 Å². The highest BCUT2D eigenvalue weighted by Gasteiger charge is 2.78. The van der Waals surface area contributed by atoms with Gasteiger partial charge in [-0.3, -0.25) is 24.4 Å². The van der Waals surface area contributed by atoms with E-state index in [9.17, 15) is 9.59 Å². The smallest absolute Gasteiger partial charge is 0.254 e. The number of anilines is 1. The molecule has 3 aromatic rings. The van der Waals surface area contributed by atoms with Gasteiger partial charge in [0.05, 0.1) is 6.54 Å². The van der Waals surface area contributed by atoms with Gasteiger partial charge in [0.25, 0.3) is 5.91 Å². The summed E-state index contributed by atoms with van der Waals surface area (Å²) >= 11 is 13.7. The van der Waals surface area contributed by atoms with Crippen molar-refractivity contribution in [2.75, 3.05) is 25.5 Å². The van der Waals surface area contributed by atoms with Crippen LogP contribution >= 0.6 is 35.6 Å². The van der Waals surface area contributed by atoms with Gasteiger partial charge >= 0.3 is 0 Å². The summed E-state index contributed by atoms with van der Waals surface area (Å²) in [5, 5.41) is 0.514. The number of aromatic nitrogens is 1. The number of thioether (sulfide) groups is 1. The third-order valence-electron chi connectivity index (χ3n) is 7.64. The van der Waals surface area contributed by atoms with Crippen molar-refractivity contribution in [3.8, 4) is 0 Å². The average molecular weight is 535 g/mol. The van der Waals surface area contributed by atoms with Crippen LogP contribution in [0.25, 0.3) is 0 Å². The van der Waals surface area contributed by atoms with Gasteiger partial charge in [-0.2, -0.15) is 0 Å². The Hall–Kier alpha value is -2.78. The normalized spacial score (nSPS) is 27.6. The monoisotopic (exact) mass is 534 g/mol. The van der Waals surface area contributed by atoms with Crippen molar-refractivity contribution in [2.24, 2.45) is 0 Å². The van der Waals surface area contributed by atoms with Crippen LogP contribution in [0.2, 0.25) is 5.02 Å². The fourth-order valence-electron chi connectivity index (χ4n) is 6.12. The van der Waals surface area contributed by atoms with Crippen LogP contribution in [0.4, 0.5) is 5.69 Å². The molecule has 0 N–H and O–H groups in total. The minimum absolute atomic E-state index is 0.161. The molecule has 2 saturated heterocycles. The Morgan fingerprint density at radius 1 is 1.06 bits per heavy atom. The van der Waals surface area contributed by atoms with Crippen LogP contribution < -0.4 is 4.90 Å². The Kier molecular flexibility index (Phi) is 5.50. The summed E-state index contributed by atoms with van der Waals surface area (Å²) in [6.45, 7) is 0.803. The van der Waals surface area contributed by atoms with Crippen molar-refractivity contribution < 1.29 is 9.59 Å². The van der Waals surface area contributed by atoms with E-state index < -0.39 is 10.3 Å². The largest absolute Gasteiger partial charge is 0.313 e. The molecule has 3 aliphatic heterocycles. The van der Waals surface area contributed by atoms with Gasteiger partial charge in [-0.25, -0.2) is 0 Å². The van der Waals surface area contributed by atoms with E-state index >= 15 is 0 Å². The molecule has 2 spiro atoms. The first-order chi connectivity index (χ1) is 17.3. The van der Waals surface area contributed by atoms with Crippen molar-refractivity contribution in [1.29, 1.82) is 0 Å². The molecule has 3 unspecified atom stereocenters. The molecule has 36 heavy (non-hydrogen) atoms. The summed E-state index contributed by atoms with van der Waals surface area (Å²) < 4.78 is -0.783. The molecule has 9 heteroatoms. The van der Waals surface area contributed by atoms with Gasteiger partial charge in [0.1, 0.15) is 9.07 Å². The third kappa shape index (κ3) is 2.96. The fraction of sp³-hybridized carbons (Fsp3) is 0.259. The van der Waals surface area contributed by atoms with E-state index in [1.807, 2.05) is 72.6 Å². The molecule has 2 fully saturated rings. The first-order valence-corrected chi connectivity index (χ1v) is 13.2. The van der Waals surface area contributed by atoms with E-state index in [4.69, 9.17) is 23.8 Å². The summed E-state index contributed by atoms with van der Waals surface area (Å²) in [6, 6.07) is 20.9. The minimum Gasteiger partial charge on any atom is -0.313 e. The number of fused-ring (bicyclic) bond motifs is 3. The minimum atomic E-state index is -1.29. The van der Waals surface area contributed by atoms with E-state index in [1.165, 1.54) is 11.8 Å². The molecule has 182 valence electrons. The van der Waals surface area contributed by atoms with Gasteiger partial charge in [-0.15, -0.1) is 0 Å². The van der Waals surface area contributed by atoms with Crippen LogP contribution in [0.5, 0.6) is 0 Å². The molecule has 4 heterocycles. The maximum atomic E-state index is 14.7. The Labute approximate surface area is 224 Å². The Bertz CT molecular complexity index is 1410.